The highest BCUT2D eigenvalue weighted by molar-refractivity contribution is 6.28. The summed E-state index contributed by atoms with van der Waals surface area (Å²) in [6, 6.07) is 0. The fourth-order valence-electron chi connectivity index (χ4n) is 1.35. The molecular formula is C11H17ClN4O2. The van der Waals surface area contributed by atoms with E-state index in [9.17, 15) is 4.79 Å². The Morgan fingerprint density at radius 2 is 2.22 bits per heavy atom. The Morgan fingerprint density at radius 1 is 1.50 bits per heavy atom. The minimum absolute atomic E-state index is 0.148. The van der Waals surface area contributed by atoms with Crippen LogP contribution >= 0.6 is 11.6 Å². The molecule has 0 aliphatic heterocycles. The number of rotatable bonds is 6. The molecule has 6 nitrogen and oxygen atoms in total. The van der Waals surface area contributed by atoms with Crippen LogP contribution in [0.25, 0.3) is 0 Å². The smallest absolute Gasteiger partial charge is 0.305 e. The monoisotopic (exact) mass is 272 g/mol. The zero-order valence-electron chi connectivity index (χ0n) is 10.5. The maximum absolute atomic E-state index is 11.1. The molecule has 1 heterocycles. The van der Waals surface area contributed by atoms with E-state index < -0.39 is 0 Å². The van der Waals surface area contributed by atoms with E-state index in [0.29, 0.717) is 43.2 Å². The molecule has 0 unspecified atom stereocenters. The first kappa shape index (κ1) is 14.5. The van der Waals surface area contributed by atoms with Gasteiger partial charge in [0.15, 0.2) is 5.82 Å². The molecule has 1 aromatic rings. The van der Waals surface area contributed by atoms with Crippen LogP contribution in [0.4, 0.5) is 11.5 Å². The van der Waals surface area contributed by atoms with Crippen molar-refractivity contribution < 1.29 is 9.53 Å². The molecule has 0 aliphatic carbocycles. The third-order valence-electron chi connectivity index (χ3n) is 2.26. The van der Waals surface area contributed by atoms with Gasteiger partial charge in [0.25, 0.3) is 0 Å². The van der Waals surface area contributed by atoms with Crippen molar-refractivity contribution in [2.24, 2.45) is 0 Å². The number of aromatic nitrogens is 2. The van der Waals surface area contributed by atoms with Gasteiger partial charge in [-0.05, 0) is 31.9 Å². The second kappa shape index (κ2) is 7.00. The first-order valence-corrected chi connectivity index (χ1v) is 6.11. The number of carbonyl (C=O) groups excluding carboxylic acids is 1. The molecule has 18 heavy (non-hydrogen) atoms. The van der Waals surface area contributed by atoms with Crippen LogP contribution in [0.1, 0.15) is 25.5 Å². The quantitative estimate of drug-likeness (QED) is 0.466. The third-order valence-corrected chi connectivity index (χ3v) is 2.43. The van der Waals surface area contributed by atoms with Crippen LogP contribution in [0, 0.1) is 6.92 Å². The van der Waals surface area contributed by atoms with E-state index in [1.165, 1.54) is 0 Å². The second-order valence-corrected chi connectivity index (χ2v) is 4.01. The first-order valence-electron chi connectivity index (χ1n) is 5.73. The molecule has 1 aromatic heterocycles. The molecule has 3 N–H and O–H groups in total. The van der Waals surface area contributed by atoms with Gasteiger partial charge >= 0.3 is 5.97 Å². The number of carbonyl (C=O) groups is 1. The van der Waals surface area contributed by atoms with Gasteiger partial charge in [-0.15, -0.1) is 0 Å². The highest BCUT2D eigenvalue weighted by atomic mass is 35.5. The molecule has 0 aromatic carbocycles. The molecule has 7 heteroatoms. The molecular weight excluding hydrogens is 256 g/mol. The minimum atomic E-state index is -0.204. The molecule has 0 saturated carbocycles. The van der Waals surface area contributed by atoms with Gasteiger partial charge in [-0.3, -0.25) is 4.79 Å². The van der Waals surface area contributed by atoms with Crippen LogP contribution < -0.4 is 11.1 Å². The number of hydrogen-bond donors (Lipinski definition) is 2. The van der Waals surface area contributed by atoms with Crippen LogP contribution in [0.3, 0.4) is 0 Å². The van der Waals surface area contributed by atoms with Crippen LogP contribution in [0.5, 0.6) is 0 Å². The minimum Gasteiger partial charge on any atom is -0.466 e. The summed E-state index contributed by atoms with van der Waals surface area (Å²) in [5.41, 5.74) is 6.90. The van der Waals surface area contributed by atoms with Crippen LogP contribution in [0.2, 0.25) is 5.28 Å². The molecule has 0 aliphatic rings. The number of hydrogen-bond acceptors (Lipinski definition) is 6. The molecule has 0 atom stereocenters. The Bertz CT molecular complexity index is 426. The van der Waals surface area contributed by atoms with Gasteiger partial charge < -0.3 is 15.8 Å². The predicted molar refractivity (Wildman–Crippen MR) is 70.5 cm³/mol. The van der Waals surface area contributed by atoms with Crippen LogP contribution in [-0.2, 0) is 9.53 Å². The summed E-state index contributed by atoms with van der Waals surface area (Å²) in [7, 11) is 0. The number of ether oxygens (including phenoxy) is 1. The van der Waals surface area contributed by atoms with Gasteiger partial charge in [0.05, 0.1) is 18.0 Å². The van der Waals surface area contributed by atoms with Crippen LogP contribution in [-0.4, -0.2) is 29.1 Å². The van der Waals surface area contributed by atoms with E-state index in [2.05, 4.69) is 15.3 Å². The number of nitrogens with one attached hydrogen (secondary N) is 1. The van der Waals surface area contributed by atoms with E-state index in [0.717, 1.165) is 0 Å². The molecule has 0 spiro atoms. The summed E-state index contributed by atoms with van der Waals surface area (Å²) in [6.45, 7) is 4.50. The lowest BCUT2D eigenvalue weighted by Crippen LogP contribution is -2.11. The lowest BCUT2D eigenvalue weighted by Gasteiger charge is -2.09. The number of nitrogens with zero attached hydrogens (tertiary/aromatic N) is 2. The van der Waals surface area contributed by atoms with Gasteiger partial charge in [-0.2, -0.15) is 4.98 Å². The number of nitrogen functional groups attached to an aromatic ring is 1. The number of aryl methyl sites for hydroxylation is 1. The average Bonchev–Trinajstić information content (AvgIpc) is 2.31. The molecule has 1 rings (SSSR count). The summed E-state index contributed by atoms with van der Waals surface area (Å²) in [5, 5.41) is 3.17. The van der Waals surface area contributed by atoms with E-state index in [1.54, 1.807) is 13.8 Å². The largest absolute Gasteiger partial charge is 0.466 e. The summed E-state index contributed by atoms with van der Waals surface area (Å²) in [6.07, 6.45) is 0.998. The SMILES string of the molecule is CCOC(=O)CCCNc1nc(Cl)nc(C)c1N. The van der Waals surface area contributed by atoms with Crippen LogP contribution in [0.15, 0.2) is 0 Å². The molecule has 100 valence electrons. The van der Waals surface area contributed by atoms with E-state index >= 15 is 0 Å². The second-order valence-electron chi connectivity index (χ2n) is 3.68. The number of halogens is 1. The van der Waals surface area contributed by atoms with Crippen molar-refractivity contribution in [1.29, 1.82) is 0 Å². The summed E-state index contributed by atoms with van der Waals surface area (Å²) >= 11 is 5.73. The standard InChI is InChI=1S/C11H17ClN4O2/c1-3-18-8(17)5-4-6-14-10-9(13)7(2)15-11(12)16-10/h3-6,13H2,1-2H3,(H,14,15,16). The maximum Gasteiger partial charge on any atom is 0.305 e. The van der Waals surface area contributed by atoms with Gasteiger partial charge in [0.1, 0.15) is 0 Å². The molecule has 0 saturated heterocycles. The van der Waals surface area contributed by atoms with Crippen molar-refractivity contribution in [2.45, 2.75) is 26.7 Å². The Morgan fingerprint density at radius 3 is 2.89 bits per heavy atom. The fraction of sp³-hybridized carbons (Fsp3) is 0.545. The average molecular weight is 273 g/mol. The van der Waals surface area contributed by atoms with Gasteiger partial charge in [-0.1, -0.05) is 0 Å². The van der Waals surface area contributed by atoms with E-state index in [-0.39, 0.29) is 11.3 Å². The zero-order chi connectivity index (χ0) is 13.5. The highest BCUT2D eigenvalue weighted by Gasteiger charge is 2.07. The number of nitrogens with two attached hydrogens (primary N) is 1. The van der Waals surface area contributed by atoms with Crippen molar-refractivity contribution in [2.75, 3.05) is 24.2 Å². The number of anilines is 2. The van der Waals surface area contributed by atoms with Crippen molar-refractivity contribution >= 4 is 29.1 Å². The first-order chi connectivity index (χ1) is 8.54. The van der Waals surface area contributed by atoms with Gasteiger partial charge in [0.2, 0.25) is 5.28 Å². The lowest BCUT2D eigenvalue weighted by atomic mass is 10.3. The van der Waals surface area contributed by atoms with Crippen molar-refractivity contribution in [1.82, 2.24) is 9.97 Å². The van der Waals surface area contributed by atoms with Crippen molar-refractivity contribution in [3.63, 3.8) is 0 Å². The van der Waals surface area contributed by atoms with Crippen molar-refractivity contribution in [3.8, 4) is 0 Å². The molecule has 0 radical (unpaired) electrons. The predicted octanol–water partition coefficient (Wildman–Crippen LogP) is 1.78. The normalized spacial score (nSPS) is 10.2. The van der Waals surface area contributed by atoms with E-state index in [1.807, 2.05) is 0 Å². The van der Waals surface area contributed by atoms with E-state index in [4.69, 9.17) is 22.1 Å². The van der Waals surface area contributed by atoms with Crippen molar-refractivity contribution in [3.05, 3.63) is 11.0 Å². The fourth-order valence-corrected chi connectivity index (χ4v) is 1.57. The molecule has 0 fully saturated rings. The maximum atomic E-state index is 11.1. The highest BCUT2D eigenvalue weighted by Crippen LogP contribution is 2.20. The lowest BCUT2D eigenvalue weighted by molar-refractivity contribution is -0.143. The van der Waals surface area contributed by atoms with Gasteiger partial charge in [0, 0.05) is 13.0 Å². The Labute approximate surface area is 111 Å². The topological polar surface area (TPSA) is 90.1 Å². The number of esters is 1. The Balaban J connectivity index is 2.42. The molecule has 0 amide bonds. The summed E-state index contributed by atoms with van der Waals surface area (Å²) in [4.78, 5) is 19.0. The zero-order valence-corrected chi connectivity index (χ0v) is 11.3. The Hall–Kier alpha value is -1.56. The van der Waals surface area contributed by atoms with Gasteiger partial charge in [-0.25, -0.2) is 4.98 Å². The Kier molecular flexibility index (Phi) is 5.64. The summed E-state index contributed by atoms with van der Waals surface area (Å²) in [5.74, 6) is 0.292. The third kappa shape index (κ3) is 4.37. The summed E-state index contributed by atoms with van der Waals surface area (Å²) < 4.78 is 4.82. The molecule has 0 bridgehead atoms.